The second-order valence-electron chi connectivity index (χ2n) is 7.06. The Morgan fingerprint density at radius 1 is 1.35 bits per heavy atom. The Bertz CT molecular complexity index is 658. The van der Waals surface area contributed by atoms with E-state index in [0.717, 1.165) is 6.42 Å². The molecule has 3 rings (SSSR count). The van der Waals surface area contributed by atoms with E-state index in [1.54, 1.807) is 31.3 Å². The van der Waals surface area contributed by atoms with Crippen molar-refractivity contribution in [1.29, 1.82) is 0 Å². The molecule has 1 aromatic rings. The van der Waals surface area contributed by atoms with Crippen LogP contribution >= 0.6 is 0 Å². The number of ether oxygens (including phenoxy) is 1. The SMILES string of the molecule is CN(C)C(=O)C1CCC(CNC(=O)C2CC(=O)N(Cc3ccco3)C2)O1. The lowest BCUT2D eigenvalue weighted by Gasteiger charge is -2.18. The summed E-state index contributed by atoms with van der Waals surface area (Å²) in [5, 5.41) is 2.86. The van der Waals surface area contributed by atoms with Gasteiger partial charge in [-0.25, -0.2) is 0 Å². The zero-order chi connectivity index (χ0) is 18.7. The molecule has 0 radical (unpaired) electrons. The number of hydrogen-bond donors (Lipinski definition) is 1. The number of likely N-dealkylation sites (tertiary alicyclic amines) is 1. The Hall–Kier alpha value is -2.35. The van der Waals surface area contributed by atoms with E-state index in [9.17, 15) is 14.4 Å². The van der Waals surface area contributed by atoms with E-state index in [2.05, 4.69) is 5.32 Å². The first kappa shape index (κ1) is 18.4. The molecule has 0 aromatic carbocycles. The predicted molar refractivity (Wildman–Crippen MR) is 91.8 cm³/mol. The molecule has 3 atom stereocenters. The van der Waals surface area contributed by atoms with Crippen molar-refractivity contribution >= 4 is 17.7 Å². The molecular weight excluding hydrogens is 338 g/mol. The third-order valence-corrected chi connectivity index (χ3v) is 4.84. The number of hydrogen-bond acceptors (Lipinski definition) is 5. The first-order valence-electron chi connectivity index (χ1n) is 8.88. The van der Waals surface area contributed by atoms with Crippen LogP contribution in [0.25, 0.3) is 0 Å². The average Bonchev–Trinajstić information content (AvgIpc) is 3.34. The average molecular weight is 363 g/mol. The molecule has 8 nitrogen and oxygen atoms in total. The number of nitrogens with one attached hydrogen (secondary N) is 1. The van der Waals surface area contributed by atoms with E-state index < -0.39 is 6.10 Å². The largest absolute Gasteiger partial charge is 0.467 e. The maximum Gasteiger partial charge on any atom is 0.251 e. The first-order valence-corrected chi connectivity index (χ1v) is 8.88. The second kappa shape index (κ2) is 7.90. The van der Waals surface area contributed by atoms with Crippen LogP contribution in [0.5, 0.6) is 0 Å². The zero-order valence-electron chi connectivity index (χ0n) is 15.1. The zero-order valence-corrected chi connectivity index (χ0v) is 15.1. The van der Waals surface area contributed by atoms with Gasteiger partial charge in [-0.1, -0.05) is 0 Å². The summed E-state index contributed by atoms with van der Waals surface area (Å²) in [5.74, 6) is 0.101. The van der Waals surface area contributed by atoms with Crippen molar-refractivity contribution in [2.24, 2.45) is 5.92 Å². The van der Waals surface area contributed by atoms with Gasteiger partial charge in [-0.2, -0.15) is 0 Å². The molecule has 2 aliphatic heterocycles. The quantitative estimate of drug-likeness (QED) is 0.789. The van der Waals surface area contributed by atoms with Crippen LogP contribution in [0.3, 0.4) is 0 Å². The van der Waals surface area contributed by atoms with Gasteiger partial charge < -0.3 is 24.3 Å². The maximum absolute atomic E-state index is 12.4. The van der Waals surface area contributed by atoms with Crippen LogP contribution in [0.4, 0.5) is 0 Å². The van der Waals surface area contributed by atoms with Crippen LogP contribution in [0.2, 0.25) is 0 Å². The number of carbonyl (C=O) groups is 3. The highest BCUT2D eigenvalue weighted by Crippen LogP contribution is 2.22. The van der Waals surface area contributed by atoms with Crippen LogP contribution in [0.1, 0.15) is 25.0 Å². The summed E-state index contributed by atoms with van der Waals surface area (Å²) in [6.07, 6.45) is 2.58. The molecule has 3 amide bonds. The highest BCUT2D eigenvalue weighted by Gasteiger charge is 2.36. The molecule has 2 aliphatic rings. The van der Waals surface area contributed by atoms with Crippen molar-refractivity contribution in [3.63, 3.8) is 0 Å². The van der Waals surface area contributed by atoms with Crippen molar-refractivity contribution in [3.8, 4) is 0 Å². The molecular formula is C18H25N3O5. The monoisotopic (exact) mass is 363 g/mol. The highest BCUT2D eigenvalue weighted by atomic mass is 16.5. The Morgan fingerprint density at radius 2 is 2.15 bits per heavy atom. The van der Waals surface area contributed by atoms with E-state index in [-0.39, 0.29) is 36.2 Å². The topological polar surface area (TPSA) is 92.1 Å². The number of likely N-dealkylation sites (N-methyl/N-ethyl adjacent to an activating group) is 1. The molecule has 1 N–H and O–H groups in total. The van der Waals surface area contributed by atoms with Gasteiger partial charge in [0.2, 0.25) is 11.8 Å². The van der Waals surface area contributed by atoms with E-state index in [4.69, 9.17) is 9.15 Å². The van der Waals surface area contributed by atoms with Gasteiger partial charge in [0.15, 0.2) is 0 Å². The predicted octanol–water partition coefficient (Wildman–Crippen LogP) is 0.380. The molecule has 3 unspecified atom stereocenters. The summed E-state index contributed by atoms with van der Waals surface area (Å²) < 4.78 is 11.0. The van der Waals surface area contributed by atoms with Gasteiger partial charge in [0.25, 0.3) is 5.91 Å². The van der Waals surface area contributed by atoms with E-state index in [0.29, 0.717) is 31.8 Å². The molecule has 0 saturated carbocycles. The van der Waals surface area contributed by atoms with Crippen molar-refractivity contribution in [2.45, 2.75) is 38.0 Å². The third kappa shape index (κ3) is 4.24. The van der Waals surface area contributed by atoms with Gasteiger partial charge in [0, 0.05) is 33.6 Å². The van der Waals surface area contributed by atoms with Crippen LogP contribution in [0.15, 0.2) is 22.8 Å². The molecule has 26 heavy (non-hydrogen) atoms. The van der Waals surface area contributed by atoms with Crippen molar-refractivity contribution in [3.05, 3.63) is 24.2 Å². The number of nitrogens with zero attached hydrogens (tertiary/aromatic N) is 2. The summed E-state index contributed by atoms with van der Waals surface area (Å²) in [7, 11) is 3.40. The first-order chi connectivity index (χ1) is 12.4. The number of carbonyl (C=O) groups excluding carboxylic acids is 3. The molecule has 2 saturated heterocycles. The van der Waals surface area contributed by atoms with Gasteiger partial charge in [0.05, 0.1) is 24.8 Å². The van der Waals surface area contributed by atoms with Crippen LogP contribution < -0.4 is 5.32 Å². The van der Waals surface area contributed by atoms with Crippen LogP contribution in [-0.4, -0.2) is 66.9 Å². The minimum atomic E-state index is -0.427. The second-order valence-corrected chi connectivity index (χ2v) is 7.06. The fourth-order valence-corrected chi connectivity index (χ4v) is 3.38. The number of rotatable bonds is 6. The van der Waals surface area contributed by atoms with Gasteiger partial charge in [-0.15, -0.1) is 0 Å². The van der Waals surface area contributed by atoms with E-state index in [1.165, 1.54) is 4.90 Å². The minimum Gasteiger partial charge on any atom is -0.467 e. The van der Waals surface area contributed by atoms with Gasteiger partial charge in [-0.05, 0) is 25.0 Å². The lowest BCUT2D eigenvalue weighted by atomic mass is 10.1. The fourth-order valence-electron chi connectivity index (χ4n) is 3.38. The number of amides is 3. The Morgan fingerprint density at radius 3 is 2.85 bits per heavy atom. The summed E-state index contributed by atoms with van der Waals surface area (Å²) >= 11 is 0. The summed E-state index contributed by atoms with van der Waals surface area (Å²) in [6, 6.07) is 3.58. The maximum atomic E-state index is 12.4. The Balaban J connectivity index is 1.43. The van der Waals surface area contributed by atoms with Crippen molar-refractivity contribution in [1.82, 2.24) is 15.1 Å². The molecule has 0 aliphatic carbocycles. The van der Waals surface area contributed by atoms with Gasteiger partial charge in [-0.3, -0.25) is 14.4 Å². The van der Waals surface area contributed by atoms with Gasteiger partial charge >= 0.3 is 0 Å². The van der Waals surface area contributed by atoms with Crippen LogP contribution in [0, 0.1) is 5.92 Å². The highest BCUT2D eigenvalue weighted by molar-refractivity contribution is 5.89. The summed E-state index contributed by atoms with van der Waals surface area (Å²) in [5.41, 5.74) is 0. The van der Waals surface area contributed by atoms with Crippen molar-refractivity contribution < 1.29 is 23.5 Å². The van der Waals surface area contributed by atoms with E-state index in [1.807, 2.05) is 6.07 Å². The Labute approximate surface area is 152 Å². The summed E-state index contributed by atoms with van der Waals surface area (Å²) in [4.78, 5) is 39.5. The lowest BCUT2D eigenvalue weighted by Crippen LogP contribution is -2.39. The molecule has 3 heterocycles. The van der Waals surface area contributed by atoms with Crippen molar-refractivity contribution in [2.75, 3.05) is 27.2 Å². The summed E-state index contributed by atoms with van der Waals surface area (Å²) in [6.45, 7) is 1.13. The minimum absolute atomic E-state index is 0.0460. The fraction of sp³-hybridized carbons (Fsp3) is 0.611. The lowest BCUT2D eigenvalue weighted by molar-refractivity contribution is -0.140. The molecule has 8 heteroatoms. The number of furan rings is 1. The normalized spacial score (nSPS) is 25.5. The molecule has 142 valence electrons. The molecule has 2 fully saturated rings. The third-order valence-electron chi connectivity index (χ3n) is 4.84. The van der Waals surface area contributed by atoms with E-state index >= 15 is 0 Å². The standard InChI is InChI=1S/C18H25N3O5/c1-20(2)18(24)15-6-5-13(26-15)9-19-17(23)12-8-16(22)21(10-12)11-14-4-3-7-25-14/h3-4,7,12-13,15H,5-6,8-11H2,1-2H3,(H,19,23). The molecule has 0 bridgehead atoms. The smallest absolute Gasteiger partial charge is 0.251 e. The molecule has 0 spiro atoms. The van der Waals surface area contributed by atoms with Gasteiger partial charge in [0.1, 0.15) is 11.9 Å². The van der Waals surface area contributed by atoms with Crippen LogP contribution in [-0.2, 0) is 25.7 Å². The Kier molecular flexibility index (Phi) is 5.61. The molecule has 1 aromatic heterocycles.